The number of rotatable bonds is 10. The Labute approximate surface area is 172 Å². The molecule has 4 nitrogen and oxygen atoms in total. The maximum absolute atomic E-state index is 13.9. The van der Waals surface area contributed by atoms with E-state index in [4.69, 9.17) is 27.9 Å². The molecule has 0 heterocycles. The third-order valence-electron chi connectivity index (χ3n) is 3.90. The number of thioether (sulfide) groups is 1. The van der Waals surface area contributed by atoms with Gasteiger partial charge in [-0.3, -0.25) is 4.79 Å². The third kappa shape index (κ3) is 6.57. The molecule has 0 spiro atoms. The van der Waals surface area contributed by atoms with Crippen LogP contribution in [0.1, 0.15) is 17.5 Å². The molecular formula is C19H20Cl2FNO3S. The summed E-state index contributed by atoms with van der Waals surface area (Å²) in [6, 6.07) is 8.79. The third-order valence-corrected chi connectivity index (χ3v) is 5.14. The Morgan fingerprint density at radius 2 is 2.11 bits per heavy atom. The van der Waals surface area contributed by atoms with Crippen molar-refractivity contribution in [2.24, 2.45) is 0 Å². The van der Waals surface area contributed by atoms with Crippen LogP contribution in [-0.2, 0) is 17.9 Å². The van der Waals surface area contributed by atoms with E-state index in [1.807, 2.05) is 6.26 Å². The Morgan fingerprint density at radius 1 is 1.33 bits per heavy atom. The molecule has 27 heavy (non-hydrogen) atoms. The van der Waals surface area contributed by atoms with Crippen LogP contribution < -0.4 is 10.1 Å². The first-order valence-corrected chi connectivity index (χ1v) is 10.4. The van der Waals surface area contributed by atoms with Crippen LogP contribution in [0.3, 0.4) is 0 Å². The molecule has 1 unspecified atom stereocenters. The minimum Gasteiger partial charge on any atom is -0.488 e. The SMILES string of the molecule is CSCCC(NCc1cc(Cl)ccc1OCc1c(F)cccc1Cl)C(=O)O. The summed E-state index contributed by atoms with van der Waals surface area (Å²) in [6.07, 6.45) is 2.42. The molecule has 0 fully saturated rings. The van der Waals surface area contributed by atoms with Gasteiger partial charge in [0, 0.05) is 22.7 Å². The number of hydrogen-bond acceptors (Lipinski definition) is 4. The summed E-state index contributed by atoms with van der Waals surface area (Å²) < 4.78 is 19.7. The molecule has 0 aliphatic rings. The van der Waals surface area contributed by atoms with E-state index in [0.29, 0.717) is 22.8 Å². The van der Waals surface area contributed by atoms with Crippen molar-refractivity contribution in [1.82, 2.24) is 5.32 Å². The van der Waals surface area contributed by atoms with Gasteiger partial charge >= 0.3 is 5.97 Å². The van der Waals surface area contributed by atoms with Gasteiger partial charge in [0.15, 0.2) is 0 Å². The summed E-state index contributed by atoms with van der Waals surface area (Å²) in [6.45, 7) is 0.210. The fourth-order valence-corrected chi connectivity index (χ4v) is 3.31. The van der Waals surface area contributed by atoms with Crippen LogP contribution in [0, 0.1) is 5.82 Å². The number of ether oxygens (including phenoxy) is 1. The molecule has 0 radical (unpaired) electrons. The Balaban J connectivity index is 2.11. The number of benzene rings is 2. The lowest BCUT2D eigenvalue weighted by Crippen LogP contribution is -2.36. The number of carbonyl (C=O) groups is 1. The van der Waals surface area contributed by atoms with Crippen LogP contribution in [0.15, 0.2) is 36.4 Å². The number of aliphatic carboxylic acids is 1. The van der Waals surface area contributed by atoms with E-state index in [2.05, 4.69) is 5.32 Å². The van der Waals surface area contributed by atoms with Crippen molar-refractivity contribution in [2.75, 3.05) is 12.0 Å². The van der Waals surface area contributed by atoms with Crippen LogP contribution >= 0.6 is 35.0 Å². The van der Waals surface area contributed by atoms with Crippen molar-refractivity contribution < 1.29 is 19.0 Å². The molecule has 1 atom stereocenters. The van der Waals surface area contributed by atoms with Crippen molar-refractivity contribution in [3.05, 3.63) is 63.4 Å². The Bertz CT molecular complexity index is 771. The summed E-state index contributed by atoms with van der Waals surface area (Å²) >= 11 is 13.7. The fourth-order valence-electron chi connectivity index (χ4n) is 2.43. The molecule has 0 saturated carbocycles. The van der Waals surface area contributed by atoms with E-state index in [-0.39, 0.29) is 23.7 Å². The highest BCUT2D eigenvalue weighted by Crippen LogP contribution is 2.26. The first-order valence-electron chi connectivity index (χ1n) is 8.21. The number of hydrogen-bond donors (Lipinski definition) is 2. The average molecular weight is 432 g/mol. The molecule has 146 valence electrons. The molecule has 2 aromatic rings. The molecule has 2 N–H and O–H groups in total. The minimum absolute atomic E-state index is 0.0467. The number of carboxylic acid groups (broad SMARTS) is 1. The van der Waals surface area contributed by atoms with Gasteiger partial charge in [-0.1, -0.05) is 29.3 Å². The van der Waals surface area contributed by atoms with Crippen molar-refractivity contribution in [3.63, 3.8) is 0 Å². The maximum atomic E-state index is 13.9. The van der Waals surface area contributed by atoms with E-state index in [9.17, 15) is 14.3 Å². The summed E-state index contributed by atoms with van der Waals surface area (Å²) in [5, 5.41) is 13.1. The predicted octanol–water partition coefficient (Wildman–Crippen LogP) is 5.01. The molecule has 0 aromatic heterocycles. The molecule has 0 saturated heterocycles. The quantitative estimate of drug-likeness (QED) is 0.553. The van der Waals surface area contributed by atoms with E-state index < -0.39 is 17.8 Å². The summed E-state index contributed by atoms with van der Waals surface area (Å²) in [5.41, 5.74) is 0.946. The zero-order valence-corrected chi connectivity index (χ0v) is 17.0. The smallest absolute Gasteiger partial charge is 0.320 e. The van der Waals surface area contributed by atoms with Gasteiger partial charge in [0.2, 0.25) is 0 Å². The van der Waals surface area contributed by atoms with Crippen LogP contribution in [0.4, 0.5) is 4.39 Å². The highest BCUT2D eigenvalue weighted by Gasteiger charge is 2.17. The standard InChI is InChI=1S/C19H20Cl2FNO3S/c1-27-8-7-17(19(24)25)23-10-12-9-13(20)5-6-18(12)26-11-14-15(21)3-2-4-16(14)22/h2-6,9,17,23H,7-8,10-11H2,1H3,(H,24,25). The van der Waals surface area contributed by atoms with Crippen molar-refractivity contribution in [2.45, 2.75) is 25.6 Å². The number of carboxylic acids is 1. The van der Waals surface area contributed by atoms with Gasteiger partial charge in [-0.2, -0.15) is 11.8 Å². The second kappa shape index (κ2) is 10.8. The van der Waals surface area contributed by atoms with Gasteiger partial charge in [0.05, 0.1) is 5.02 Å². The van der Waals surface area contributed by atoms with Crippen LogP contribution in [-0.4, -0.2) is 29.1 Å². The molecular weight excluding hydrogens is 412 g/mol. The summed E-state index contributed by atoms with van der Waals surface area (Å²) in [4.78, 5) is 11.4. The van der Waals surface area contributed by atoms with Gasteiger partial charge in [0.25, 0.3) is 0 Å². The molecule has 0 aliphatic heterocycles. The second-order valence-electron chi connectivity index (χ2n) is 5.79. The number of halogens is 3. The van der Waals surface area contributed by atoms with Gasteiger partial charge < -0.3 is 15.2 Å². The molecule has 0 amide bonds. The normalized spacial score (nSPS) is 12.0. The molecule has 2 aromatic carbocycles. The molecule has 2 rings (SSSR count). The zero-order valence-electron chi connectivity index (χ0n) is 14.7. The van der Waals surface area contributed by atoms with Gasteiger partial charge in [-0.05, 0) is 48.8 Å². The topological polar surface area (TPSA) is 58.6 Å². The number of nitrogens with one attached hydrogen (secondary N) is 1. The summed E-state index contributed by atoms with van der Waals surface area (Å²) in [7, 11) is 0. The Hall–Kier alpha value is -1.47. The predicted molar refractivity (Wildman–Crippen MR) is 108 cm³/mol. The lowest BCUT2D eigenvalue weighted by atomic mass is 10.1. The average Bonchev–Trinajstić information content (AvgIpc) is 2.62. The Kier molecular flexibility index (Phi) is 8.70. The van der Waals surface area contributed by atoms with Crippen molar-refractivity contribution in [3.8, 4) is 5.75 Å². The maximum Gasteiger partial charge on any atom is 0.320 e. The Morgan fingerprint density at radius 3 is 2.78 bits per heavy atom. The first-order chi connectivity index (χ1) is 12.9. The molecule has 8 heteroatoms. The minimum atomic E-state index is -0.910. The monoisotopic (exact) mass is 431 g/mol. The molecule has 0 bridgehead atoms. The van der Waals surface area contributed by atoms with Crippen molar-refractivity contribution >= 4 is 40.9 Å². The van der Waals surface area contributed by atoms with E-state index in [1.54, 1.807) is 36.0 Å². The van der Waals surface area contributed by atoms with Crippen LogP contribution in [0.5, 0.6) is 5.75 Å². The lowest BCUT2D eigenvalue weighted by molar-refractivity contribution is -0.139. The van der Waals surface area contributed by atoms with Gasteiger partial charge in [-0.25, -0.2) is 4.39 Å². The van der Waals surface area contributed by atoms with E-state index >= 15 is 0 Å². The van der Waals surface area contributed by atoms with Crippen molar-refractivity contribution in [1.29, 1.82) is 0 Å². The van der Waals surface area contributed by atoms with E-state index in [0.717, 1.165) is 5.75 Å². The summed E-state index contributed by atoms with van der Waals surface area (Å²) in [5.74, 6) is -0.139. The van der Waals surface area contributed by atoms with Gasteiger partial charge in [-0.15, -0.1) is 0 Å². The van der Waals surface area contributed by atoms with Gasteiger partial charge in [0.1, 0.15) is 24.2 Å². The largest absolute Gasteiger partial charge is 0.488 e. The highest BCUT2D eigenvalue weighted by atomic mass is 35.5. The van der Waals surface area contributed by atoms with Crippen LogP contribution in [0.2, 0.25) is 10.0 Å². The first kappa shape index (κ1) is 21.8. The van der Waals surface area contributed by atoms with E-state index in [1.165, 1.54) is 12.1 Å². The molecule has 0 aliphatic carbocycles. The zero-order chi connectivity index (χ0) is 19.8. The highest BCUT2D eigenvalue weighted by molar-refractivity contribution is 7.98. The fraction of sp³-hybridized carbons (Fsp3) is 0.316. The lowest BCUT2D eigenvalue weighted by Gasteiger charge is -2.17. The van der Waals surface area contributed by atoms with Crippen LogP contribution in [0.25, 0.3) is 0 Å². The second-order valence-corrected chi connectivity index (χ2v) is 7.62.